The third-order valence-corrected chi connectivity index (χ3v) is 6.23. The lowest BCUT2D eigenvalue weighted by atomic mass is 10.3. The number of aromatic nitrogens is 1. The zero-order chi connectivity index (χ0) is 19.4. The van der Waals surface area contributed by atoms with Crippen molar-refractivity contribution in [1.29, 1.82) is 0 Å². The van der Waals surface area contributed by atoms with Crippen LogP contribution in [0.4, 0.5) is 11.5 Å². The van der Waals surface area contributed by atoms with Crippen molar-refractivity contribution in [2.45, 2.75) is 11.8 Å². The first-order valence-electron chi connectivity index (χ1n) is 8.53. The van der Waals surface area contributed by atoms with Crippen LogP contribution >= 0.6 is 0 Å². The number of methoxy groups -OCH3 is 1. The van der Waals surface area contributed by atoms with Crippen LogP contribution < -0.4 is 15.0 Å². The van der Waals surface area contributed by atoms with Crippen LogP contribution in [0.3, 0.4) is 0 Å². The highest BCUT2D eigenvalue weighted by Gasteiger charge is 2.29. The highest BCUT2D eigenvalue weighted by Crippen LogP contribution is 2.29. The van der Waals surface area contributed by atoms with Crippen LogP contribution in [0.2, 0.25) is 0 Å². The lowest BCUT2D eigenvalue weighted by molar-refractivity contribution is -0.114. The number of rotatable bonds is 5. The number of ether oxygens (including phenoxy) is 1. The van der Waals surface area contributed by atoms with Crippen molar-refractivity contribution in [3.05, 3.63) is 42.6 Å². The Morgan fingerprint density at radius 2 is 1.89 bits per heavy atom. The maximum atomic E-state index is 13.0. The summed E-state index contributed by atoms with van der Waals surface area (Å²) in [6, 6.07) is 10.1. The van der Waals surface area contributed by atoms with Gasteiger partial charge in [0.15, 0.2) is 0 Å². The molecule has 1 aromatic carbocycles. The Morgan fingerprint density at radius 1 is 1.15 bits per heavy atom. The molecule has 0 unspecified atom stereocenters. The quantitative estimate of drug-likeness (QED) is 0.833. The van der Waals surface area contributed by atoms with Gasteiger partial charge < -0.3 is 15.0 Å². The van der Waals surface area contributed by atoms with E-state index in [2.05, 4.69) is 15.2 Å². The number of hydrogen-bond acceptors (Lipinski definition) is 6. The largest absolute Gasteiger partial charge is 0.495 e. The van der Waals surface area contributed by atoms with E-state index in [1.807, 2.05) is 18.2 Å². The number of nitrogens with one attached hydrogen (secondary N) is 1. The molecule has 0 bridgehead atoms. The maximum Gasteiger partial charge on any atom is 0.243 e. The van der Waals surface area contributed by atoms with Crippen molar-refractivity contribution in [3.8, 4) is 5.75 Å². The molecule has 0 aliphatic carbocycles. The molecule has 1 aromatic heterocycles. The van der Waals surface area contributed by atoms with Gasteiger partial charge in [-0.05, 0) is 30.3 Å². The molecule has 3 rings (SSSR count). The summed E-state index contributed by atoms with van der Waals surface area (Å²) in [6.07, 6.45) is 1.72. The van der Waals surface area contributed by atoms with E-state index in [0.29, 0.717) is 37.6 Å². The lowest BCUT2D eigenvalue weighted by Crippen LogP contribution is -2.48. The summed E-state index contributed by atoms with van der Waals surface area (Å²) in [5.74, 6) is 0.947. The number of benzene rings is 1. The third kappa shape index (κ3) is 4.20. The molecule has 1 aliphatic rings. The molecule has 2 heterocycles. The van der Waals surface area contributed by atoms with Gasteiger partial charge in [-0.2, -0.15) is 4.31 Å². The molecule has 0 atom stereocenters. The molecule has 0 radical (unpaired) electrons. The van der Waals surface area contributed by atoms with Gasteiger partial charge in [-0.1, -0.05) is 6.07 Å². The first kappa shape index (κ1) is 19.1. The molecule has 9 heteroatoms. The monoisotopic (exact) mass is 390 g/mol. The van der Waals surface area contributed by atoms with Crippen molar-refractivity contribution in [2.24, 2.45) is 0 Å². The van der Waals surface area contributed by atoms with Crippen molar-refractivity contribution < 1.29 is 17.9 Å². The number of carbonyl (C=O) groups is 1. The Morgan fingerprint density at radius 3 is 2.48 bits per heavy atom. The van der Waals surface area contributed by atoms with Crippen LogP contribution in [0, 0.1) is 0 Å². The van der Waals surface area contributed by atoms with Crippen LogP contribution in [0.15, 0.2) is 47.5 Å². The van der Waals surface area contributed by atoms with Crippen LogP contribution in [-0.2, 0) is 14.8 Å². The average Bonchev–Trinajstić information content (AvgIpc) is 2.68. The Hall–Kier alpha value is -2.65. The summed E-state index contributed by atoms with van der Waals surface area (Å²) in [6.45, 7) is 3.20. The predicted molar refractivity (Wildman–Crippen MR) is 103 cm³/mol. The second-order valence-corrected chi connectivity index (χ2v) is 8.06. The van der Waals surface area contributed by atoms with Gasteiger partial charge in [-0.15, -0.1) is 0 Å². The molecule has 27 heavy (non-hydrogen) atoms. The van der Waals surface area contributed by atoms with Crippen molar-refractivity contribution in [1.82, 2.24) is 9.29 Å². The number of nitrogens with zero attached hydrogens (tertiary/aromatic N) is 3. The Balaban J connectivity index is 1.78. The zero-order valence-electron chi connectivity index (χ0n) is 15.3. The number of hydrogen-bond donors (Lipinski definition) is 1. The molecule has 1 aliphatic heterocycles. The fourth-order valence-corrected chi connectivity index (χ4v) is 4.43. The van der Waals surface area contributed by atoms with E-state index in [9.17, 15) is 13.2 Å². The molecule has 1 N–H and O–H groups in total. The minimum Gasteiger partial charge on any atom is -0.495 e. The second-order valence-electron chi connectivity index (χ2n) is 6.12. The van der Waals surface area contributed by atoms with E-state index >= 15 is 0 Å². The van der Waals surface area contributed by atoms with Gasteiger partial charge in [0.05, 0.1) is 17.7 Å². The van der Waals surface area contributed by atoms with E-state index in [1.54, 1.807) is 12.3 Å². The molecular formula is C18H22N4O4S. The highest BCUT2D eigenvalue weighted by molar-refractivity contribution is 7.89. The molecule has 8 nitrogen and oxygen atoms in total. The predicted octanol–water partition coefficient (Wildman–Crippen LogP) is 1.56. The van der Waals surface area contributed by atoms with Gasteiger partial charge in [0.1, 0.15) is 11.6 Å². The summed E-state index contributed by atoms with van der Waals surface area (Å²) in [5.41, 5.74) is 0.332. The Labute approximate surface area is 158 Å². The molecule has 0 spiro atoms. The summed E-state index contributed by atoms with van der Waals surface area (Å²) < 4.78 is 32.6. The molecule has 0 saturated carbocycles. The van der Waals surface area contributed by atoms with E-state index < -0.39 is 10.0 Å². The lowest BCUT2D eigenvalue weighted by Gasteiger charge is -2.34. The van der Waals surface area contributed by atoms with Crippen LogP contribution in [0.25, 0.3) is 0 Å². The summed E-state index contributed by atoms with van der Waals surface area (Å²) in [5, 5.41) is 2.60. The summed E-state index contributed by atoms with van der Waals surface area (Å²) in [7, 11) is -2.21. The van der Waals surface area contributed by atoms with Crippen LogP contribution in [0.5, 0.6) is 5.75 Å². The summed E-state index contributed by atoms with van der Waals surface area (Å²) in [4.78, 5) is 17.9. The van der Waals surface area contributed by atoms with Gasteiger partial charge in [0.25, 0.3) is 0 Å². The van der Waals surface area contributed by atoms with Gasteiger partial charge in [-0.3, -0.25) is 4.79 Å². The Kier molecular flexibility index (Phi) is 5.62. The number of amides is 1. The number of pyridine rings is 1. The summed E-state index contributed by atoms with van der Waals surface area (Å²) >= 11 is 0. The minimum atomic E-state index is -3.67. The molecule has 144 valence electrons. The fraction of sp³-hybridized carbons (Fsp3) is 0.333. The average molecular weight is 390 g/mol. The first-order valence-corrected chi connectivity index (χ1v) is 9.97. The smallest absolute Gasteiger partial charge is 0.243 e. The molecular weight excluding hydrogens is 368 g/mol. The van der Waals surface area contributed by atoms with Crippen LogP contribution in [-0.4, -0.2) is 56.9 Å². The third-order valence-electron chi connectivity index (χ3n) is 4.33. The standard InChI is InChI=1S/C18H22N4O4S/c1-14(23)20-16-13-15(6-7-17(16)26-2)27(24,25)22-11-9-21(10-12-22)18-5-3-4-8-19-18/h3-8,13H,9-12H2,1-2H3,(H,20,23). The van der Waals surface area contributed by atoms with Crippen LogP contribution in [0.1, 0.15) is 6.92 Å². The molecule has 1 saturated heterocycles. The SMILES string of the molecule is COc1ccc(S(=O)(=O)N2CCN(c3ccccn3)CC2)cc1NC(C)=O. The minimum absolute atomic E-state index is 0.123. The molecule has 1 fully saturated rings. The van der Waals surface area contributed by atoms with Gasteiger partial charge >= 0.3 is 0 Å². The van der Waals surface area contributed by atoms with Gasteiger partial charge in [0, 0.05) is 39.3 Å². The van der Waals surface area contributed by atoms with E-state index in [4.69, 9.17) is 4.74 Å². The second kappa shape index (κ2) is 7.93. The molecule has 2 aromatic rings. The van der Waals surface area contributed by atoms with E-state index in [1.165, 1.54) is 30.5 Å². The normalized spacial score (nSPS) is 15.4. The Bertz CT molecular complexity index is 910. The van der Waals surface area contributed by atoms with Gasteiger partial charge in [-0.25, -0.2) is 13.4 Å². The topological polar surface area (TPSA) is 91.8 Å². The first-order chi connectivity index (χ1) is 12.9. The number of sulfonamides is 1. The van der Waals surface area contributed by atoms with Crippen molar-refractivity contribution in [2.75, 3.05) is 43.5 Å². The fourth-order valence-electron chi connectivity index (χ4n) is 2.98. The number of anilines is 2. The van der Waals surface area contributed by atoms with Crippen molar-refractivity contribution in [3.63, 3.8) is 0 Å². The van der Waals surface area contributed by atoms with E-state index in [-0.39, 0.29) is 10.8 Å². The molecule has 1 amide bonds. The maximum absolute atomic E-state index is 13.0. The highest BCUT2D eigenvalue weighted by atomic mass is 32.2. The number of carbonyl (C=O) groups excluding carboxylic acids is 1. The van der Waals surface area contributed by atoms with Crippen molar-refractivity contribution >= 4 is 27.4 Å². The van der Waals surface area contributed by atoms with E-state index in [0.717, 1.165) is 5.82 Å². The number of piperazine rings is 1. The zero-order valence-corrected chi connectivity index (χ0v) is 16.1. The van der Waals surface area contributed by atoms with Gasteiger partial charge in [0.2, 0.25) is 15.9 Å².